The maximum Gasteiger partial charge on any atom is 0.264 e. The highest BCUT2D eigenvalue weighted by Gasteiger charge is 2.24. The number of hydrogen-bond acceptors (Lipinski definition) is 6. The van der Waals surface area contributed by atoms with Gasteiger partial charge >= 0.3 is 0 Å². The van der Waals surface area contributed by atoms with Crippen molar-refractivity contribution in [1.29, 1.82) is 0 Å². The first kappa shape index (κ1) is 16.9. The second-order valence-electron chi connectivity index (χ2n) is 5.08. The zero-order chi connectivity index (χ0) is 17.8. The van der Waals surface area contributed by atoms with Gasteiger partial charge in [0.25, 0.3) is 5.91 Å². The van der Waals surface area contributed by atoms with Crippen LogP contribution in [0.5, 0.6) is 17.2 Å². The van der Waals surface area contributed by atoms with Crippen molar-refractivity contribution in [2.24, 2.45) is 4.99 Å². The summed E-state index contributed by atoms with van der Waals surface area (Å²) in [6.07, 6.45) is 1.61. The Balaban J connectivity index is 1.86. The van der Waals surface area contributed by atoms with Crippen molar-refractivity contribution in [3.8, 4) is 17.2 Å². The molecule has 2 N–H and O–H groups in total. The number of carbonyl (C=O) groups excluding carboxylic acids is 1. The van der Waals surface area contributed by atoms with Crippen molar-refractivity contribution in [3.05, 3.63) is 52.9 Å². The number of hydrogen-bond donors (Lipinski definition) is 2. The molecule has 0 aliphatic carbocycles. The summed E-state index contributed by atoms with van der Waals surface area (Å²) in [4.78, 5) is 17.0. The van der Waals surface area contributed by atoms with Gasteiger partial charge in [-0.05, 0) is 42.1 Å². The Morgan fingerprint density at radius 2 is 1.96 bits per heavy atom. The number of phenolic OH excluding ortho intramolecular Hbond substituents is 1. The molecular formula is C18H16N2O4S. The third-order valence-electron chi connectivity index (χ3n) is 3.48. The molecule has 2 aromatic carbocycles. The molecule has 1 saturated heterocycles. The molecule has 128 valence electrons. The van der Waals surface area contributed by atoms with Crippen LogP contribution in [0, 0.1) is 0 Å². The topological polar surface area (TPSA) is 80.2 Å². The van der Waals surface area contributed by atoms with E-state index in [1.807, 2.05) is 12.1 Å². The Kier molecular flexibility index (Phi) is 4.95. The lowest BCUT2D eigenvalue weighted by Crippen LogP contribution is -2.19. The number of rotatable bonds is 4. The lowest BCUT2D eigenvalue weighted by Gasteiger charge is -2.04. The maximum atomic E-state index is 12.1. The summed E-state index contributed by atoms with van der Waals surface area (Å²) in [5, 5.41) is 13.2. The summed E-state index contributed by atoms with van der Waals surface area (Å²) < 4.78 is 10.3. The van der Waals surface area contributed by atoms with Gasteiger partial charge < -0.3 is 19.9 Å². The number of thioether (sulfide) groups is 1. The molecular weight excluding hydrogens is 340 g/mol. The third-order valence-corrected chi connectivity index (χ3v) is 4.39. The minimum Gasteiger partial charge on any atom is -0.507 e. The van der Waals surface area contributed by atoms with Crippen LogP contribution in [0.1, 0.15) is 5.56 Å². The molecule has 1 heterocycles. The Morgan fingerprint density at radius 3 is 2.68 bits per heavy atom. The number of ether oxygens (including phenoxy) is 2. The molecule has 1 amide bonds. The minimum atomic E-state index is -0.270. The predicted octanol–water partition coefficient (Wildman–Crippen LogP) is 3.30. The van der Waals surface area contributed by atoms with Crippen LogP contribution in [0.3, 0.4) is 0 Å². The van der Waals surface area contributed by atoms with Crippen LogP contribution in [-0.2, 0) is 4.79 Å². The molecule has 6 nitrogen and oxygen atoms in total. The van der Waals surface area contributed by atoms with Gasteiger partial charge in [-0.1, -0.05) is 12.1 Å². The number of nitrogens with one attached hydrogen (secondary N) is 1. The summed E-state index contributed by atoms with van der Waals surface area (Å²) >= 11 is 1.20. The predicted molar refractivity (Wildman–Crippen MR) is 98.5 cm³/mol. The molecule has 0 bridgehead atoms. The van der Waals surface area contributed by atoms with Crippen molar-refractivity contribution in [3.63, 3.8) is 0 Å². The SMILES string of the molecule is COc1ccc(/C=C2\SC(=Nc3ccccc3OC)NC2=O)c(O)c1. The fourth-order valence-electron chi connectivity index (χ4n) is 2.23. The number of benzene rings is 2. The molecule has 0 radical (unpaired) electrons. The van der Waals surface area contributed by atoms with Gasteiger partial charge in [0.15, 0.2) is 5.17 Å². The third kappa shape index (κ3) is 3.77. The number of methoxy groups -OCH3 is 2. The number of aromatic hydroxyl groups is 1. The first-order valence-electron chi connectivity index (χ1n) is 7.40. The van der Waals surface area contributed by atoms with Crippen LogP contribution < -0.4 is 14.8 Å². The fraction of sp³-hybridized carbons (Fsp3) is 0.111. The van der Waals surface area contributed by atoms with Crippen LogP contribution in [0.2, 0.25) is 0 Å². The standard InChI is InChI=1S/C18H16N2O4S/c1-23-12-8-7-11(14(21)10-12)9-16-17(22)20-18(25-16)19-13-5-3-4-6-15(13)24-2/h3-10,21H,1-2H3,(H,19,20,22)/b16-9-. The first-order chi connectivity index (χ1) is 12.1. The Morgan fingerprint density at radius 1 is 1.16 bits per heavy atom. The second kappa shape index (κ2) is 7.31. The molecule has 0 spiro atoms. The first-order valence-corrected chi connectivity index (χ1v) is 8.22. The molecule has 3 rings (SSSR count). The van der Waals surface area contributed by atoms with Crippen LogP contribution in [0.15, 0.2) is 52.4 Å². The van der Waals surface area contributed by atoms with Crippen LogP contribution in [0.4, 0.5) is 5.69 Å². The zero-order valence-electron chi connectivity index (χ0n) is 13.6. The molecule has 1 fully saturated rings. The van der Waals surface area contributed by atoms with E-state index >= 15 is 0 Å². The number of phenols is 1. The summed E-state index contributed by atoms with van der Waals surface area (Å²) in [6, 6.07) is 12.2. The quantitative estimate of drug-likeness (QED) is 0.822. The number of para-hydroxylation sites is 2. The van der Waals surface area contributed by atoms with Crippen molar-refractivity contribution in [2.75, 3.05) is 14.2 Å². The molecule has 0 atom stereocenters. The van der Waals surface area contributed by atoms with E-state index < -0.39 is 0 Å². The van der Waals surface area contributed by atoms with E-state index in [0.717, 1.165) is 0 Å². The van der Waals surface area contributed by atoms with Gasteiger partial charge in [-0.15, -0.1) is 0 Å². The largest absolute Gasteiger partial charge is 0.507 e. The smallest absolute Gasteiger partial charge is 0.264 e. The average Bonchev–Trinajstić information content (AvgIpc) is 2.96. The molecule has 0 aromatic heterocycles. The summed E-state index contributed by atoms with van der Waals surface area (Å²) in [5.41, 5.74) is 1.15. The molecule has 0 saturated carbocycles. The molecule has 0 unspecified atom stereocenters. The van der Waals surface area contributed by atoms with E-state index in [1.165, 1.54) is 24.9 Å². The molecule has 2 aromatic rings. The van der Waals surface area contributed by atoms with Crippen LogP contribution in [-0.4, -0.2) is 30.4 Å². The fourth-order valence-corrected chi connectivity index (χ4v) is 3.05. The van der Waals surface area contributed by atoms with Gasteiger partial charge in [-0.2, -0.15) is 0 Å². The number of amides is 1. The highest BCUT2D eigenvalue weighted by molar-refractivity contribution is 8.18. The number of nitrogens with zero attached hydrogens (tertiary/aromatic N) is 1. The van der Waals surface area contributed by atoms with E-state index in [4.69, 9.17) is 9.47 Å². The minimum absolute atomic E-state index is 0.0374. The van der Waals surface area contributed by atoms with E-state index in [-0.39, 0.29) is 11.7 Å². The van der Waals surface area contributed by atoms with Crippen molar-refractivity contribution >= 4 is 34.6 Å². The normalized spacial score (nSPS) is 17.0. The van der Waals surface area contributed by atoms with Crippen LogP contribution in [0.25, 0.3) is 6.08 Å². The highest BCUT2D eigenvalue weighted by Crippen LogP contribution is 2.33. The monoisotopic (exact) mass is 356 g/mol. The van der Waals surface area contributed by atoms with Gasteiger partial charge in [-0.25, -0.2) is 4.99 Å². The van der Waals surface area contributed by atoms with Crippen molar-refractivity contribution < 1.29 is 19.4 Å². The summed E-state index contributed by atoms with van der Waals surface area (Å²) in [7, 11) is 3.09. The lowest BCUT2D eigenvalue weighted by atomic mass is 10.1. The average molecular weight is 356 g/mol. The Bertz CT molecular complexity index is 877. The van der Waals surface area contributed by atoms with Gasteiger partial charge in [0.2, 0.25) is 0 Å². The summed E-state index contributed by atoms with van der Waals surface area (Å²) in [5.74, 6) is 0.931. The van der Waals surface area contributed by atoms with E-state index in [2.05, 4.69) is 10.3 Å². The summed E-state index contributed by atoms with van der Waals surface area (Å²) in [6.45, 7) is 0. The van der Waals surface area contributed by atoms with Gasteiger partial charge in [0, 0.05) is 11.6 Å². The maximum absolute atomic E-state index is 12.1. The lowest BCUT2D eigenvalue weighted by molar-refractivity contribution is -0.115. The molecule has 7 heteroatoms. The van der Waals surface area contributed by atoms with Crippen LogP contribution >= 0.6 is 11.8 Å². The van der Waals surface area contributed by atoms with Gasteiger partial charge in [0.1, 0.15) is 22.9 Å². The highest BCUT2D eigenvalue weighted by atomic mass is 32.2. The van der Waals surface area contributed by atoms with E-state index in [0.29, 0.717) is 32.8 Å². The van der Waals surface area contributed by atoms with Gasteiger partial charge in [0.05, 0.1) is 19.1 Å². The van der Waals surface area contributed by atoms with Crippen molar-refractivity contribution in [1.82, 2.24) is 5.32 Å². The Labute approximate surface area is 149 Å². The molecule has 25 heavy (non-hydrogen) atoms. The van der Waals surface area contributed by atoms with Gasteiger partial charge in [-0.3, -0.25) is 4.79 Å². The van der Waals surface area contributed by atoms with E-state index in [9.17, 15) is 9.90 Å². The second-order valence-corrected chi connectivity index (χ2v) is 6.11. The van der Waals surface area contributed by atoms with E-state index in [1.54, 1.807) is 37.5 Å². The molecule has 1 aliphatic rings. The van der Waals surface area contributed by atoms with Crippen molar-refractivity contribution in [2.45, 2.75) is 0 Å². The number of aliphatic imine (C=N–C) groups is 1. The number of carbonyl (C=O) groups is 1. The number of amidine groups is 1. The zero-order valence-corrected chi connectivity index (χ0v) is 14.5. The molecule has 1 aliphatic heterocycles. The Hall–Kier alpha value is -2.93.